The Kier molecular flexibility index (Phi) is 4.34. The Balaban J connectivity index is 2.09. The number of carbonyl (C=O) groups is 1. The average molecular weight is 258 g/mol. The van der Waals surface area contributed by atoms with Crippen molar-refractivity contribution >= 4 is 5.78 Å². The largest absolute Gasteiger partial charge is 0.497 e. The summed E-state index contributed by atoms with van der Waals surface area (Å²) in [5.74, 6) is 0.892. The Morgan fingerprint density at radius 2 is 2.00 bits per heavy atom. The van der Waals surface area contributed by atoms with Crippen molar-refractivity contribution in [3.63, 3.8) is 0 Å². The van der Waals surface area contributed by atoms with Crippen molar-refractivity contribution in [3.05, 3.63) is 47.8 Å². The number of benzene rings is 1. The maximum atomic E-state index is 12.2. The van der Waals surface area contributed by atoms with Crippen LogP contribution in [0.4, 0.5) is 0 Å². The molecule has 1 aromatic heterocycles. The fourth-order valence-electron chi connectivity index (χ4n) is 1.98. The third-order valence-electron chi connectivity index (χ3n) is 2.96. The molecule has 0 amide bonds. The number of carbonyl (C=O) groups excluding carboxylic acids is 1. The summed E-state index contributed by atoms with van der Waals surface area (Å²) in [6.07, 6.45) is 3.03. The quantitative estimate of drug-likeness (QED) is 0.748. The second kappa shape index (κ2) is 6.18. The molecule has 0 unspecified atom stereocenters. The van der Waals surface area contributed by atoms with E-state index in [9.17, 15) is 4.79 Å². The highest BCUT2D eigenvalue weighted by Gasteiger charge is 2.12. The number of ether oxygens (including phenoxy) is 1. The Hall–Kier alpha value is -2.10. The monoisotopic (exact) mass is 258 g/mol. The van der Waals surface area contributed by atoms with E-state index >= 15 is 0 Å². The standard InChI is InChI=1S/C15H18N2O2/c1-3-10-17-14(8-9-16-17)15(18)11-12-4-6-13(19-2)7-5-12/h4-9H,3,10-11H2,1-2H3. The molecule has 0 aliphatic heterocycles. The fraction of sp³-hybridized carbons (Fsp3) is 0.333. The molecule has 19 heavy (non-hydrogen) atoms. The van der Waals surface area contributed by atoms with E-state index in [0.29, 0.717) is 12.1 Å². The van der Waals surface area contributed by atoms with Gasteiger partial charge in [-0.25, -0.2) is 0 Å². The lowest BCUT2D eigenvalue weighted by Crippen LogP contribution is -2.12. The molecule has 0 bridgehead atoms. The highest BCUT2D eigenvalue weighted by Crippen LogP contribution is 2.13. The van der Waals surface area contributed by atoms with Crippen molar-refractivity contribution < 1.29 is 9.53 Å². The van der Waals surface area contributed by atoms with Crippen LogP contribution >= 0.6 is 0 Å². The van der Waals surface area contributed by atoms with Crippen LogP contribution in [0.25, 0.3) is 0 Å². The van der Waals surface area contributed by atoms with Crippen LogP contribution in [0.2, 0.25) is 0 Å². The number of hydrogen-bond acceptors (Lipinski definition) is 3. The first-order chi connectivity index (χ1) is 9.24. The molecule has 0 saturated carbocycles. The third kappa shape index (κ3) is 3.22. The van der Waals surface area contributed by atoms with Crippen LogP contribution in [-0.2, 0) is 13.0 Å². The van der Waals surface area contributed by atoms with Gasteiger partial charge in [-0.3, -0.25) is 9.48 Å². The van der Waals surface area contributed by atoms with Gasteiger partial charge in [0.25, 0.3) is 0 Å². The summed E-state index contributed by atoms with van der Waals surface area (Å²) in [5, 5.41) is 4.17. The lowest BCUT2D eigenvalue weighted by atomic mass is 10.1. The number of nitrogens with zero attached hydrogens (tertiary/aromatic N) is 2. The zero-order valence-electron chi connectivity index (χ0n) is 11.3. The van der Waals surface area contributed by atoms with Gasteiger partial charge in [0.2, 0.25) is 0 Å². The zero-order chi connectivity index (χ0) is 13.7. The van der Waals surface area contributed by atoms with Crippen molar-refractivity contribution in [3.8, 4) is 5.75 Å². The fourth-order valence-corrected chi connectivity index (χ4v) is 1.98. The van der Waals surface area contributed by atoms with Gasteiger partial charge in [-0.05, 0) is 30.2 Å². The van der Waals surface area contributed by atoms with Gasteiger partial charge < -0.3 is 4.74 Å². The van der Waals surface area contributed by atoms with Gasteiger partial charge in [-0.1, -0.05) is 19.1 Å². The van der Waals surface area contributed by atoms with Gasteiger partial charge in [0.15, 0.2) is 5.78 Å². The summed E-state index contributed by atoms with van der Waals surface area (Å²) in [4.78, 5) is 12.2. The summed E-state index contributed by atoms with van der Waals surface area (Å²) < 4.78 is 6.87. The van der Waals surface area contributed by atoms with Crippen LogP contribution in [0.5, 0.6) is 5.75 Å². The van der Waals surface area contributed by atoms with Gasteiger partial charge in [-0.2, -0.15) is 5.10 Å². The van der Waals surface area contributed by atoms with Crippen molar-refractivity contribution in [1.29, 1.82) is 0 Å². The number of Topliss-reactive ketones (excluding diaryl/α,β-unsaturated/α-hetero) is 1. The Labute approximate surface area is 113 Å². The van der Waals surface area contributed by atoms with Crippen molar-refractivity contribution in [2.24, 2.45) is 0 Å². The molecular weight excluding hydrogens is 240 g/mol. The van der Waals surface area contributed by atoms with Gasteiger partial charge >= 0.3 is 0 Å². The van der Waals surface area contributed by atoms with E-state index in [1.165, 1.54) is 0 Å². The summed E-state index contributed by atoms with van der Waals surface area (Å²) >= 11 is 0. The minimum Gasteiger partial charge on any atom is -0.497 e. The number of methoxy groups -OCH3 is 1. The van der Waals surface area contributed by atoms with Crippen LogP contribution in [0.15, 0.2) is 36.5 Å². The van der Waals surface area contributed by atoms with Gasteiger partial charge in [0, 0.05) is 19.2 Å². The van der Waals surface area contributed by atoms with Gasteiger partial charge in [0.05, 0.1) is 7.11 Å². The predicted molar refractivity (Wildman–Crippen MR) is 73.5 cm³/mol. The van der Waals surface area contributed by atoms with E-state index in [1.54, 1.807) is 24.1 Å². The molecule has 0 fully saturated rings. The molecule has 0 radical (unpaired) electrons. The Bertz CT molecular complexity index is 544. The molecule has 4 nitrogen and oxygen atoms in total. The summed E-state index contributed by atoms with van der Waals surface area (Å²) in [7, 11) is 1.63. The molecular formula is C15H18N2O2. The predicted octanol–water partition coefficient (Wildman–Crippen LogP) is 2.73. The maximum absolute atomic E-state index is 12.2. The van der Waals surface area contributed by atoms with Crippen LogP contribution in [-0.4, -0.2) is 22.7 Å². The van der Waals surface area contributed by atoms with Gasteiger partial charge in [-0.15, -0.1) is 0 Å². The first-order valence-corrected chi connectivity index (χ1v) is 6.42. The average Bonchev–Trinajstić information content (AvgIpc) is 2.88. The topological polar surface area (TPSA) is 44.1 Å². The van der Waals surface area contributed by atoms with Gasteiger partial charge in [0.1, 0.15) is 11.4 Å². The van der Waals surface area contributed by atoms with Crippen LogP contribution < -0.4 is 4.74 Å². The van der Waals surface area contributed by atoms with E-state index in [1.807, 2.05) is 24.3 Å². The molecule has 1 aromatic carbocycles. The van der Waals surface area contributed by atoms with E-state index in [4.69, 9.17) is 4.74 Å². The Morgan fingerprint density at radius 3 is 2.63 bits per heavy atom. The lowest BCUT2D eigenvalue weighted by Gasteiger charge is -2.06. The molecule has 2 aromatic rings. The first-order valence-electron chi connectivity index (χ1n) is 6.42. The Morgan fingerprint density at radius 1 is 1.26 bits per heavy atom. The highest BCUT2D eigenvalue weighted by molar-refractivity contribution is 5.95. The number of hydrogen-bond donors (Lipinski definition) is 0. The molecule has 1 heterocycles. The second-order valence-corrected chi connectivity index (χ2v) is 4.39. The number of rotatable bonds is 6. The van der Waals surface area contributed by atoms with Crippen molar-refractivity contribution in [2.75, 3.05) is 7.11 Å². The van der Waals surface area contributed by atoms with E-state index in [2.05, 4.69) is 12.0 Å². The number of aryl methyl sites for hydroxylation is 1. The summed E-state index contributed by atoms with van der Waals surface area (Å²) in [5.41, 5.74) is 1.66. The smallest absolute Gasteiger partial charge is 0.185 e. The summed E-state index contributed by atoms with van der Waals surface area (Å²) in [6.45, 7) is 2.84. The van der Waals surface area contributed by atoms with Crippen LogP contribution in [0.1, 0.15) is 29.4 Å². The molecule has 0 aliphatic carbocycles. The van der Waals surface area contributed by atoms with Crippen LogP contribution in [0, 0.1) is 0 Å². The second-order valence-electron chi connectivity index (χ2n) is 4.39. The first kappa shape index (κ1) is 13.3. The van der Waals surface area contributed by atoms with Crippen molar-refractivity contribution in [2.45, 2.75) is 26.3 Å². The third-order valence-corrected chi connectivity index (χ3v) is 2.96. The molecule has 0 saturated heterocycles. The normalized spacial score (nSPS) is 10.4. The lowest BCUT2D eigenvalue weighted by molar-refractivity contribution is 0.0982. The highest BCUT2D eigenvalue weighted by atomic mass is 16.5. The minimum atomic E-state index is 0.0936. The molecule has 0 aliphatic rings. The molecule has 0 atom stereocenters. The molecule has 4 heteroatoms. The zero-order valence-corrected chi connectivity index (χ0v) is 11.3. The summed E-state index contributed by atoms with van der Waals surface area (Å²) in [6, 6.07) is 9.34. The molecule has 0 N–H and O–H groups in total. The molecule has 0 spiro atoms. The number of ketones is 1. The SMILES string of the molecule is CCCn1nccc1C(=O)Cc1ccc(OC)cc1. The molecule has 100 valence electrons. The minimum absolute atomic E-state index is 0.0936. The van der Waals surface area contributed by atoms with E-state index < -0.39 is 0 Å². The van der Waals surface area contributed by atoms with E-state index in [0.717, 1.165) is 24.3 Å². The molecule has 2 rings (SSSR count). The van der Waals surface area contributed by atoms with Crippen LogP contribution in [0.3, 0.4) is 0 Å². The maximum Gasteiger partial charge on any atom is 0.185 e. The van der Waals surface area contributed by atoms with Crippen molar-refractivity contribution in [1.82, 2.24) is 9.78 Å². The van der Waals surface area contributed by atoms with E-state index in [-0.39, 0.29) is 5.78 Å². The number of aromatic nitrogens is 2.